The molecule has 50 heavy (non-hydrogen) atoms. The molecular weight excluding hydrogens is 649 g/mol. The summed E-state index contributed by atoms with van der Waals surface area (Å²) in [4.78, 5) is 20.8. The zero-order valence-electron chi connectivity index (χ0n) is 30.9. The van der Waals surface area contributed by atoms with Gasteiger partial charge in [-0.15, -0.1) is 0 Å². The molecule has 2 aromatic heterocycles. The van der Waals surface area contributed by atoms with Gasteiger partial charge in [0.2, 0.25) is 0 Å². The molecule has 0 aliphatic carbocycles. The first-order valence-electron chi connectivity index (χ1n) is 18.6. The van der Waals surface area contributed by atoms with Crippen molar-refractivity contribution < 1.29 is 19.0 Å². The Morgan fingerprint density at radius 3 is 2.60 bits per heavy atom. The van der Waals surface area contributed by atoms with E-state index in [1.165, 1.54) is 33.3 Å². The number of carbonyl (C=O) groups is 1. The molecule has 3 aromatic rings. The minimum atomic E-state index is -0.336. The molecule has 10 nitrogen and oxygen atoms in total. The van der Waals surface area contributed by atoms with Gasteiger partial charge in [-0.3, -0.25) is 20.1 Å². The predicted octanol–water partition coefficient (Wildman–Crippen LogP) is 5.57. The number of hydrogen-bond donors (Lipinski definition) is 4. The quantitative estimate of drug-likeness (QED) is 0.127. The van der Waals surface area contributed by atoms with Crippen LogP contribution in [0.5, 0.6) is 0 Å². The van der Waals surface area contributed by atoms with E-state index in [4.69, 9.17) is 19.2 Å². The molecule has 1 aromatic carbocycles. The van der Waals surface area contributed by atoms with E-state index in [1.54, 1.807) is 7.11 Å². The number of ether oxygens (including phenoxy) is 3. The molecule has 274 valence electrons. The number of fused-ring (bicyclic) bond motifs is 1. The Balaban J connectivity index is 1.43. The van der Waals surface area contributed by atoms with Gasteiger partial charge in [-0.2, -0.15) is 12.6 Å². The highest BCUT2D eigenvalue weighted by molar-refractivity contribution is 7.80. The molecule has 3 aliphatic rings. The Labute approximate surface area is 303 Å². The Bertz CT molecular complexity index is 1610. The normalized spacial score (nSPS) is 20.9. The van der Waals surface area contributed by atoms with E-state index in [-0.39, 0.29) is 29.6 Å². The van der Waals surface area contributed by atoms with Crippen LogP contribution >= 0.6 is 12.6 Å². The smallest absolute Gasteiger partial charge is 0.324 e. The number of carbonyl (C=O) groups excluding carboxylic acids is 1. The highest BCUT2D eigenvalue weighted by Crippen LogP contribution is 2.43. The number of benzene rings is 1. The van der Waals surface area contributed by atoms with Gasteiger partial charge in [0.05, 0.1) is 43.4 Å². The number of hydrazine groups is 1. The summed E-state index contributed by atoms with van der Waals surface area (Å²) < 4.78 is 19.9. The van der Waals surface area contributed by atoms with Gasteiger partial charge in [0.15, 0.2) is 0 Å². The van der Waals surface area contributed by atoms with Crippen LogP contribution in [-0.2, 0) is 32.0 Å². The number of thiol groups is 1. The van der Waals surface area contributed by atoms with Gasteiger partial charge in [-0.05, 0) is 107 Å². The fourth-order valence-corrected chi connectivity index (χ4v) is 8.34. The van der Waals surface area contributed by atoms with E-state index >= 15 is 0 Å². The van der Waals surface area contributed by atoms with Crippen molar-refractivity contribution in [2.45, 2.75) is 96.5 Å². The van der Waals surface area contributed by atoms with Crippen LogP contribution in [-0.4, -0.2) is 91.9 Å². The van der Waals surface area contributed by atoms with Crippen molar-refractivity contribution >= 4 is 29.5 Å². The Hall–Kier alpha value is -2.51. The summed E-state index contributed by atoms with van der Waals surface area (Å²) in [6.45, 7) is 14.6. The SMILES string of the molecule is CCn1c(-c2cc(C3CCN(C4COC4)CC3)cnc2[C@H](C)OC)c(CC(C)(C)COC(=O)[C@@H]2CCCNN2)c2cc(C(CS)NC)ccc21. The number of likely N-dealkylation sites (tertiary alicyclic amines) is 1. The van der Waals surface area contributed by atoms with E-state index in [0.29, 0.717) is 24.3 Å². The molecule has 6 rings (SSSR count). The lowest BCUT2D eigenvalue weighted by Crippen LogP contribution is -2.51. The predicted molar refractivity (Wildman–Crippen MR) is 203 cm³/mol. The van der Waals surface area contributed by atoms with E-state index < -0.39 is 0 Å². The van der Waals surface area contributed by atoms with Gasteiger partial charge >= 0.3 is 5.97 Å². The van der Waals surface area contributed by atoms with E-state index in [2.05, 4.69) is 96.4 Å². The number of nitrogens with one attached hydrogen (secondary N) is 3. The second-order valence-corrected chi connectivity index (χ2v) is 15.5. The Morgan fingerprint density at radius 1 is 1.20 bits per heavy atom. The number of esters is 1. The minimum absolute atomic E-state index is 0.126. The summed E-state index contributed by atoms with van der Waals surface area (Å²) in [6.07, 6.45) is 6.58. The molecule has 0 saturated carbocycles. The van der Waals surface area contributed by atoms with Gasteiger partial charge in [0, 0.05) is 60.1 Å². The minimum Gasteiger partial charge on any atom is -0.464 e. The van der Waals surface area contributed by atoms with Crippen molar-refractivity contribution in [2.24, 2.45) is 5.41 Å². The van der Waals surface area contributed by atoms with Crippen LogP contribution in [0.3, 0.4) is 0 Å². The summed E-state index contributed by atoms with van der Waals surface area (Å²) in [5.74, 6) is 0.946. The summed E-state index contributed by atoms with van der Waals surface area (Å²) in [6, 6.07) is 9.63. The molecule has 5 heterocycles. The third kappa shape index (κ3) is 7.94. The standard InChI is InChI=1S/C39H58N6O4S/c1-7-45-35-11-10-27(34(23-50)40-5)17-30(35)32(19-39(3,4)24-49-38(46)33-9-8-14-42-43-33)37(45)31-18-28(20-41-36(31)25(2)47-6)26-12-15-44(16-13-26)29-21-48-22-29/h10-11,17-18,20,25-26,29,33-34,40,42-43,50H,7-9,12-16,19,21-24H2,1-6H3/t25-,33-,34?/m0/s1. The van der Waals surface area contributed by atoms with Crippen LogP contribution in [0.25, 0.3) is 22.2 Å². The number of aromatic nitrogens is 2. The number of aryl methyl sites for hydroxylation is 1. The molecule has 11 heteroatoms. The van der Waals surface area contributed by atoms with Crippen LogP contribution in [0.2, 0.25) is 0 Å². The first kappa shape index (κ1) is 37.3. The maximum Gasteiger partial charge on any atom is 0.324 e. The van der Waals surface area contributed by atoms with Crippen LogP contribution in [0.15, 0.2) is 30.5 Å². The number of piperidine rings is 1. The summed E-state index contributed by atoms with van der Waals surface area (Å²) >= 11 is 4.66. The number of methoxy groups -OCH3 is 1. The monoisotopic (exact) mass is 706 g/mol. The zero-order chi connectivity index (χ0) is 35.4. The molecular formula is C39H58N6O4S. The lowest BCUT2D eigenvalue weighted by molar-refractivity contribution is -0.150. The second kappa shape index (κ2) is 16.4. The zero-order valence-corrected chi connectivity index (χ0v) is 31.8. The van der Waals surface area contributed by atoms with Crippen molar-refractivity contribution in [1.82, 2.24) is 30.6 Å². The Kier molecular flexibility index (Phi) is 12.3. The molecule has 3 N–H and O–H groups in total. The average molecular weight is 707 g/mol. The molecule has 3 saturated heterocycles. The second-order valence-electron chi connectivity index (χ2n) is 15.2. The number of nitrogens with zero attached hydrogens (tertiary/aromatic N) is 3. The highest BCUT2D eigenvalue weighted by atomic mass is 32.1. The van der Waals surface area contributed by atoms with Crippen molar-refractivity contribution in [1.29, 1.82) is 0 Å². The van der Waals surface area contributed by atoms with Crippen LogP contribution < -0.4 is 16.2 Å². The topological polar surface area (TPSA) is 102 Å². The van der Waals surface area contributed by atoms with Gasteiger partial charge in [0.1, 0.15) is 6.04 Å². The molecule has 3 aliphatic heterocycles. The largest absolute Gasteiger partial charge is 0.464 e. The van der Waals surface area contributed by atoms with Crippen molar-refractivity contribution in [3.8, 4) is 11.3 Å². The number of pyridine rings is 1. The summed E-state index contributed by atoms with van der Waals surface area (Å²) in [5.41, 5.74) is 14.1. The van der Waals surface area contributed by atoms with Gasteiger partial charge in [-0.1, -0.05) is 19.9 Å². The van der Waals surface area contributed by atoms with Gasteiger partial charge in [-0.25, -0.2) is 5.43 Å². The summed E-state index contributed by atoms with van der Waals surface area (Å²) in [5, 5.41) is 4.65. The Morgan fingerprint density at radius 2 is 1.98 bits per heavy atom. The molecule has 0 bridgehead atoms. The van der Waals surface area contributed by atoms with E-state index in [9.17, 15) is 4.79 Å². The van der Waals surface area contributed by atoms with Crippen LogP contribution in [0.4, 0.5) is 0 Å². The summed E-state index contributed by atoms with van der Waals surface area (Å²) in [7, 11) is 3.75. The molecule has 0 radical (unpaired) electrons. The first-order chi connectivity index (χ1) is 24.2. The molecule has 3 fully saturated rings. The highest BCUT2D eigenvalue weighted by Gasteiger charge is 2.33. The van der Waals surface area contributed by atoms with Gasteiger partial charge < -0.3 is 24.1 Å². The van der Waals surface area contributed by atoms with Crippen LogP contribution in [0.1, 0.15) is 93.8 Å². The lowest BCUT2D eigenvalue weighted by Gasteiger charge is -2.41. The maximum absolute atomic E-state index is 13.1. The van der Waals surface area contributed by atoms with E-state index in [0.717, 1.165) is 82.8 Å². The molecule has 3 atom stereocenters. The van der Waals surface area contributed by atoms with Crippen molar-refractivity contribution in [3.05, 3.63) is 52.8 Å². The van der Waals surface area contributed by atoms with Crippen LogP contribution in [0, 0.1) is 5.41 Å². The molecule has 0 spiro atoms. The number of hydrogen-bond acceptors (Lipinski definition) is 10. The van der Waals surface area contributed by atoms with Crippen molar-refractivity contribution in [3.63, 3.8) is 0 Å². The maximum atomic E-state index is 13.1. The molecule has 1 unspecified atom stereocenters. The first-order valence-corrected chi connectivity index (χ1v) is 19.2. The lowest BCUT2D eigenvalue weighted by atomic mass is 9.83. The third-order valence-corrected chi connectivity index (χ3v) is 11.5. The van der Waals surface area contributed by atoms with Crippen molar-refractivity contribution in [2.75, 3.05) is 59.4 Å². The molecule has 0 amide bonds. The third-order valence-electron chi connectivity index (χ3n) is 11.1. The fraction of sp³-hybridized carbons (Fsp3) is 0.641. The average Bonchev–Trinajstić information content (AvgIpc) is 3.42. The fourth-order valence-electron chi connectivity index (χ4n) is 7.94. The number of rotatable bonds is 14. The van der Waals surface area contributed by atoms with E-state index in [1.807, 2.05) is 7.05 Å². The van der Waals surface area contributed by atoms with Gasteiger partial charge in [0.25, 0.3) is 0 Å².